The first-order chi connectivity index (χ1) is 13.2. The van der Waals surface area contributed by atoms with Crippen molar-refractivity contribution in [2.24, 2.45) is 0 Å². The molecule has 0 aromatic heterocycles. The molecule has 1 heterocycles. The third-order valence-electron chi connectivity index (χ3n) is 4.07. The minimum absolute atomic E-state index is 0.0113. The average molecular weight is 468 g/mol. The number of carbonyl (C=O) groups excluding carboxylic acids is 1. The van der Waals surface area contributed by atoms with E-state index in [1.54, 1.807) is 7.11 Å². The van der Waals surface area contributed by atoms with Gasteiger partial charge < -0.3 is 14.8 Å². The van der Waals surface area contributed by atoms with E-state index in [0.29, 0.717) is 16.9 Å². The van der Waals surface area contributed by atoms with Crippen LogP contribution in [-0.2, 0) is 11.3 Å². The molecule has 1 N–H and O–H groups in total. The molecule has 1 aliphatic heterocycles. The molecule has 0 aliphatic carbocycles. The van der Waals surface area contributed by atoms with E-state index in [4.69, 9.17) is 9.47 Å². The first kappa shape index (κ1) is 20.4. The monoisotopic (exact) mass is 467 g/mol. The fraction of sp³-hybridized carbons (Fsp3) is 0.350. The highest BCUT2D eigenvalue weighted by Gasteiger charge is 2.16. The molecule has 0 radical (unpaired) electrons. The van der Waals surface area contributed by atoms with Gasteiger partial charge in [-0.15, -0.1) is 23.5 Å². The number of carbonyl (C=O) groups is 1. The predicted molar refractivity (Wildman–Crippen MR) is 117 cm³/mol. The van der Waals surface area contributed by atoms with Crippen LogP contribution >= 0.6 is 39.5 Å². The molecule has 2 aromatic carbocycles. The Morgan fingerprint density at radius 1 is 1.19 bits per heavy atom. The van der Waals surface area contributed by atoms with Crippen molar-refractivity contribution in [1.82, 2.24) is 5.32 Å². The molecule has 1 aliphatic rings. The van der Waals surface area contributed by atoms with Crippen LogP contribution in [0.5, 0.6) is 11.5 Å². The van der Waals surface area contributed by atoms with Crippen molar-refractivity contribution in [3.05, 3.63) is 58.1 Å². The molecule has 144 valence electrons. The van der Waals surface area contributed by atoms with Crippen LogP contribution in [0, 0.1) is 0 Å². The number of ether oxygens (including phenoxy) is 2. The molecule has 4 nitrogen and oxygen atoms in total. The Labute approximate surface area is 176 Å². The number of methoxy groups -OCH3 is 1. The Hall–Kier alpha value is -1.31. The lowest BCUT2D eigenvalue weighted by molar-refractivity contribution is -0.123. The van der Waals surface area contributed by atoms with Crippen molar-refractivity contribution in [1.29, 1.82) is 0 Å². The molecular weight excluding hydrogens is 446 g/mol. The minimum Gasteiger partial charge on any atom is -0.496 e. The van der Waals surface area contributed by atoms with Crippen molar-refractivity contribution < 1.29 is 14.3 Å². The van der Waals surface area contributed by atoms with Crippen molar-refractivity contribution in [2.75, 3.05) is 25.2 Å². The maximum absolute atomic E-state index is 12.1. The summed E-state index contributed by atoms with van der Waals surface area (Å²) in [6, 6.07) is 13.8. The van der Waals surface area contributed by atoms with Gasteiger partial charge in [-0.2, -0.15) is 0 Å². The minimum atomic E-state index is -0.167. The van der Waals surface area contributed by atoms with Crippen LogP contribution in [0.4, 0.5) is 0 Å². The normalized spacial score (nSPS) is 14.6. The summed E-state index contributed by atoms with van der Waals surface area (Å²) in [5, 5.41) is 2.86. The van der Waals surface area contributed by atoms with Gasteiger partial charge in [-0.25, -0.2) is 0 Å². The molecule has 0 bridgehead atoms. The van der Waals surface area contributed by atoms with Crippen molar-refractivity contribution in [3.63, 3.8) is 0 Å². The van der Waals surface area contributed by atoms with Gasteiger partial charge in [0, 0.05) is 16.6 Å². The molecule has 3 rings (SSSR count). The van der Waals surface area contributed by atoms with Crippen LogP contribution in [0.25, 0.3) is 0 Å². The fourth-order valence-corrected chi connectivity index (χ4v) is 5.98. The molecule has 0 atom stereocenters. The number of amides is 1. The second-order valence-corrected chi connectivity index (χ2v) is 9.66. The predicted octanol–water partition coefficient (Wildman–Crippen LogP) is 5.02. The lowest BCUT2D eigenvalue weighted by Gasteiger charge is -2.21. The zero-order valence-electron chi connectivity index (χ0n) is 15.1. The maximum atomic E-state index is 12.1. The zero-order chi connectivity index (χ0) is 19.1. The fourth-order valence-electron chi connectivity index (χ4n) is 2.68. The van der Waals surface area contributed by atoms with Crippen LogP contribution in [0.3, 0.4) is 0 Å². The van der Waals surface area contributed by atoms with E-state index in [9.17, 15) is 4.79 Å². The molecule has 0 saturated carbocycles. The number of nitrogens with one attached hydrogen (secondary N) is 1. The van der Waals surface area contributed by atoms with Crippen LogP contribution in [-0.4, -0.2) is 31.1 Å². The first-order valence-electron chi connectivity index (χ1n) is 8.71. The number of hydrogen-bond acceptors (Lipinski definition) is 5. The second-order valence-electron chi connectivity index (χ2n) is 6.02. The summed E-state index contributed by atoms with van der Waals surface area (Å²) < 4.78 is 12.4. The number of hydrogen-bond donors (Lipinski definition) is 1. The summed E-state index contributed by atoms with van der Waals surface area (Å²) >= 11 is 7.42. The van der Waals surface area contributed by atoms with Gasteiger partial charge in [0.15, 0.2) is 6.61 Å². The van der Waals surface area contributed by atoms with Gasteiger partial charge in [0.2, 0.25) is 0 Å². The van der Waals surface area contributed by atoms with Crippen LogP contribution in [0.2, 0.25) is 0 Å². The molecule has 7 heteroatoms. The number of benzene rings is 2. The Balaban J connectivity index is 1.47. The van der Waals surface area contributed by atoms with Gasteiger partial charge in [0.05, 0.1) is 11.7 Å². The maximum Gasteiger partial charge on any atom is 0.258 e. The van der Waals surface area contributed by atoms with Crippen LogP contribution in [0.1, 0.15) is 22.1 Å². The van der Waals surface area contributed by atoms with E-state index in [-0.39, 0.29) is 12.5 Å². The summed E-state index contributed by atoms with van der Waals surface area (Å²) in [5.74, 6) is 3.73. The summed E-state index contributed by atoms with van der Waals surface area (Å²) in [6.45, 7) is 0.377. The lowest BCUT2D eigenvalue weighted by Crippen LogP contribution is -2.28. The van der Waals surface area contributed by atoms with E-state index < -0.39 is 0 Å². The summed E-state index contributed by atoms with van der Waals surface area (Å²) in [7, 11) is 1.62. The summed E-state index contributed by atoms with van der Waals surface area (Å²) in [5.41, 5.74) is 2.22. The Morgan fingerprint density at radius 3 is 2.63 bits per heavy atom. The van der Waals surface area contributed by atoms with Gasteiger partial charge in [0.25, 0.3) is 5.91 Å². The summed E-state index contributed by atoms with van der Waals surface area (Å²) in [4.78, 5) is 12.1. The molecule has 27 heavy (non-hydrogen) atoms. The second kappa shape index (κ2) is 10.3. The number of halogens is 1. The molecule has 0 unspecified atom stereocenters. The van der Waals surface area contributed by atoms with E-state index in [0.717, 1.165) is 15.8 Å². The summed E-state index contributed by atoms with van der Waals surface area (Å²) in [6.07, 6.45) is 1.29. The molecule has 1 amide bonds. The van der Waals surface area contributed by atoms with Crippen LogP contribution in [0.15, 0.2) is 46.9 Å². The molecule has 1 fully saturated rings. The van der Waals surface area contributed by atoms with E-state index >= 15 is 0 Å². The standard InChI is InChI=1S/C20H22BrNO3S2/c1-24-18-8-5-16(21)11-15(18)12-22-19(23)13-25-17-6-3-14(4-7-17)20-26-9-2-10-27-20/h3-8,11,20H,2,9-10,12-13H2,1H3,(H,22,23). The third kappa shape index (κ3) is 6.09. The van der Waals surface area contributed by atoms with Gasteiger partial charge in [0.1, 0.15) is 11.5 Å². The van der Waals surface area contributed by atoms with Crippen molar-refractivity contribution in [3.8, 4) is 11.5 Å². The van der Waals surface area contributed by atoms with Crippen molar-refractivity contribution >= 4 is 45.4 Å². The molecule has 0 spiro atoms. The largest absolute Gasteiger partial charge is 0.496 e. The molecule has 1 saturated heterocycles. The van der Waals surface area contributed by atoms with Crippen molar-refractivity contribution in [2.45, 2.75) is 17.5 Å². The first-order valence-corrected chi connectivity index (χ1v) is 11.6. The number of rotatable bonds is 7. The quantitative estimate of drug-likeness (QED) is 0.618. The topological polar surface area (TPSA) is 47.6 Å². The third-order valence-corrected chi connectivity index (χ3v) is 7.58. The van der Waals surface area contributed by atoms with Crippen LogP contribution < -0.4 is 14.8 Å². The Kier molecular flexibility index (Phi) is 7.79. The van der Waals surface area contributed by atoms with Gasteiger partial charge >= 0.3 is 0 Å². The van der Waals surface area contributed by atoms with E-state index in [1.807, 2.05) is 53.9 Å². The Morgan fingerprint density at radius 2 is 1.93 bits per heavy atom. The molecular formula is C20H22BrNO3S2. The highest BCUT2D eigenvalue weighted by molar-refractivity contribution is 9.10. The number of thioether (sulfide) groups is 2. The highest BCUT2D eigenvalue weighted by atomic mass is 79.9. The SMILES string of the molecule is COc1ccc(Br)cc1CNC(=O)COc1ccc(C2SCCCS2)cc1. The zero-order valence-corrected chi connectivity index (χ0v) is 18.3. The molecule has 2 aromatic rings. The Bertz CT molecular complexity index is 764. The highest BCUT2D eigenvalue weighted by Crippen LogP contribution is 2.43. The van der Waals surface area contributed by atoms with E-state index in [1.165, 1.54) is 23.5 Å². The van der Waals surface area contributed by atoms with Gasteiger partial charge in [-0.05, 0) is 53.8 Å². The van der Waals surface area contributed by atoms with E-state index in [2.05, 4.69) is 33.4 Å². The smallest absolute Gasteiger partial charge is 0.258 e. The van der Waals surface area contributed by atoms with Gasteiger partial charge in [-0.1, -0.05) is 28.1 Å². The lowest BCUT2D eigenvalue weighted by atomic mass is 10.2. The van der Waals surface area contributed by atoms with Gasteiger partial charge in [-0.3, -0.25) is 4.79 Å². The average Bonchev–Trinajstić information content (AvgIpc) is 2.72.